The standard InChI is InChI=1S/C15H18N2O/c18-14-7-6-12-5-4-8-16-15(12)13(14)11-17-9-2-1-3-10-17/h4-8,18H,1-3,9-11H2. The lowest BCUT2D eigenvalue weighted by molar-refractivity contribution is 0.219. The van der Waals surface area contributed by atoms with E-state index in [0.717, 1.165) is 36.1 Å². The number of phenolic OH excluding ortho intramolecular Hbond substituents is 1. The first-order valence-corrected chi connectivity index (χ1v) is 6.62. The van der Waals surface area contributed by atoms with Crippen LogP contribution in [0.5, 0.6) is 5.75 Å². The largest absolute Gasteiger partial charge is 0.508 e. The molecule has 1 aliphatic heterocycles. The number of nitrogens with zero attached hydrogens (tertiary/aromatic N) is 2. The van der Waals surface area contributed by atoms with Crippen molar-refractivity contribution in [3.05, 3.63) is 36.0 Å². The second-order valence-corrected chi connectivity index (χ2v) is 4.98. The Labute approximate surface area is 107 Å². The molecule has 1 fully saturated rings. The first-order chi connectivity index (χ1) is 8.84. The van der Waals surface area contributed by atoms with Gasteiger partial charge in [0.05, 0.1) is 5.52 Å². The van der Waals surface area contributed by atoms with Crippen molar-refractivity contribution in [2.45, 2.75) is 25.8 Å². The summed E-state index contributed by atoms with van der Waals surface area (Å²) in [5, 5.41) is 11.2. The number of hydrogen-bond donors (Lipinski definition) is 1. The zero-order chi connectivity index (χ0) is 12.4. The van der Waals surface area contributed by atoms with Gasteiger partial charge in [-0.3, -0.25) is 9.88 Å². The minimum atomic E-state index is 0.367. The summed E-state index contributed by atoms with van der Waals surface area (Å²) in [5.41, 5.74) is 1.90. The zero-order valence-electron chi connectivity index (χ0n) is 10.5. The van der Waals surface area contributed by atoms with E-state index in [0.29, 0.717) is 5.75 Å². The zero-order valence-corrected chi connectivity index (χ0v) is 10.5. The number of fused-ring (bicyclic) bond motifs is 1. The highest BCUT2D eigenvalue weighted by atomic mass is 16.3. The number of rotatable bonds is 2. The van der Waals surface area contributed by atoms with Gasteiger partial charge in [-0.15, -0.1) is 0 Å². The van der Waals surface area contributed by atoms with Crippen LogP contribution in [0, 0.1) is 0 Å². The molecule has 18 heavy (non-hydrogen) atoms. The molecule has 1 aliphatic rings. The Hall–Kier alpha value is -1.61. The van der Waals surface area contributed by atoms with Gasteiger partial charge in [-0.05, 0) is 44.1 Å². The quantitative estimate of drug-likeness (QED) is 0.879. The molecule has 1 aromatic carbocycles. The minimum absolute atomic E-state index is 0.367. The Balaban J connectivity index is 1.96. The Kier molecular flexibility index (Phi) is 3.15. The van der Waals surface area contributed by atoms with Crippen LogP contribution in [-0.4, -0.2) is 28.1 Å². The molecule has 0 aliphatic carbocycles. The van der Waals surface area contributed by atoms with Crippen molar-refractivity contribution < 1.29 is 5.11 Å². The van der Waals surface area contributed by atoms with E-state index in [1.54, 1.807) is 12.3 Å². The molecule has 0 atom stereocenters. The fourth-order valence-electron chi connectivity index (χ4n) is 2.69. The highest BCUT2D eigenvalue weighted by Gasteiger charge is 2.15. The lowest BCUT2D eigenvalue weighted by atomic mass is 10.1. The number of benzene rings is 1. The molecular formula is C15H18N2O. The first-order valence-electron chi connectivity index (χ1n) is 6.62. The van der Waals surface area contributed by atoms with Crippen LogP contribution < -0.4 is 0 Å². The van der Waals surface area contributed by atoms with Gasteiger partial charge in [0.1, 0.15) is 5.75 Å². The molecule has 0 unspecified atom stereocenters. The third-order valence-corrected chi connectivity index (χ3v) is 3.69. The van der Waals surface area contributed by atoms with Crippen LogP contribution >= 0.6 is 0 Å². The van der Waals surface area contributed by atoms with E-state index in [-0.39, 0.29) is 0 Å². The normalized spacial score (nSPS) is 17.1. The van der Waals surface area contributed by atoms with Crippen molar-refractivity contribution in [2.75, 3.05) is 13.1 Å². The third kappa shape index (κ3) is 2.18. The van der Waals surface area contributed by atoms with Gasteiger partial charge in [0.2, 0.25) is 0 Å². The molecule has 94 valence electrons. The molecule has 0 spiro atoms. The molecular weight excluding hydrogens is 224 g/mol. The maximum atomic E-state index is 10.1. The average molecular weight is 242 g/mol. The summed E-state index contributed by atoms with van der Waals surface area (Å²) in [7, 11) is 0. The second kappa shape index (κ2) is 4.94. The maximum Gasteiger partial charge on any atom is 0.122 e. The van der Waals surface area contributed by atoms with Crippen LogP contribution in [0.3, 0.4) is 0 Å². The summed E-state index contributed by atoms with van der Waals surface area (Å²) in [6, 6.07) is 7.69. The van der Waals surface area contributed by atoms with Crippen LogP contribution in [-0.2, 0) is 6.54 Å². The van der Waals surface area contributed by atoms with Crippen molar-refractivity contribution in [3.63, 3.8) is 0 Å². The van der Waals surface area contributed by atoms with E-state index >= 15 is 0 Å². The Morgan fingerprint density at radius 3 is 2.78 bits per heavy atom. The Bertz CT molecular complexity index is 547. The van der Waals surface area contributed by atoms with E-state index in [2.05, 4.69) is 9.88 Å². The van der Waals surface area contributed by atoms with Crippen LogP contribution in [0.15, 0.2) is 30.5 Å². The number of hydrogen-bond acceptors (Lipinski definition) is 3. The van der Waals surface area contributed by atoms with Crippen molar-refractivity contribution >= 4 is 10.9 Å². The molecule has 1 saturated heterocycles. The Morgan fingerprint density at radius 1 is 1.11 bits per heavy atom. The fraction of sp³-hybridized carbons (Fsp3) is 0.400. The van der Waals surface area contributed by atoms with E-state index in [9.17, 15) is 5.11 Å². The number of phenols is 1. The second-order valence-electron chi connectivity index (χ2n) is 4.98. The number of pyridine rings is 1. The number of likely N-dealkylation sites (tertiary alicyclic amines) is 1. The molecule has 1 N–H and O–H groups in total. The van der Waals surface area contributed by atoms with Crippen LogP contribution in [0.25, 0.3) is 10.9 Å². The summed E-state index contributed by atoms with van der Waals surface area (Å²) < 4.78 is 0. The molecule has 3 heteroatoms. The molecule has 3 rings (SSSR count). The first kappa shape index (κ1) is 11.5. The summed E-state index contributed by atoms with van der Waals surface area (Å²) in [4.78, 5) is 6.83. The lowest BCUT2D eigenvalue weighted by Crippen LogP contribution is -2.29. The van der Waals surface area contributed by atoms with Crippen molar-refractivity contribution in [1.82, 2.24) is 9.88 Å². The van der Waals surface area contributed by atoms with Gasteiger partial charge in [0.25, 0.3) is 0 Å². The topological polar surface area (TPSA) is 36.4 Å². The number of aromatic hydroxyl groups is 1. The van der Waals surface area contributed by atoms with Crippen LogP contribution in [0.2, 0.25) is 0 Å². The van der Waals surface area contributed by atoms with E-state index < -0.39 is 0 Å². The third-order valence-electron chi connectivity index (χ3n) is 3.69. The van der Waals surface area contributed by atoms with Crippen LogP contribution in [0.4, 0.5) is 0 Å². The smallest absolute Gasteiger partial charge is 0.122 e. The summed E-state index contributed by atoms with van der Waals surface area (Å²) >= 11 is 0. The lowest BCUT2D eigenvalue weighted by Gasteiger charge is -2.27. The maximum absolute atomic E-state index is 10.1. The average Bonchev–Trinajstić information content (AvgIpc) is 2.43. The molecule has 2 heterocycles. The molecule has 0 saturated carbocycles. The fourth-order valence-corrected chi connectivity index (χ4v) is 2.69. The Morgan fingerprint density at radius 2 is 1.94 bits per heavy atom. The van der Waals surface area contributed by atoms with E-state index in [1.165, 1.54) is 19.3 Å². The predicted molar refractivity (Wildman–Crippen MR) is 72.5 cm³/mol. The molecule has 0 radical (unpaired) electrons. The SMILES string of the molecule is Oc1ccc2cccnc2c1CN1CCCCC1. The van der Waals surface area contributed by atoms with E-state index in [1.807, 2.05) is 18.2 Å². The summed E-state index contributed by atoms with van der Waals surface area (Å²) in [5.74, 6) is 0.367. The minimum Gasteiger partial charge on any atom is -0.508 e. The van der Waals surface area contributed by atoms with Gasteiger partial charge in [0, 0.05) is 23.7 Å². The molecule has 2 aromatic rings. The molecule has 0 bridgehead atoms. The van der Waals surface area contributed by atoms with Crippen molar-refractivity contribution in [1.29, 1.82) is 0 Å². The highest BCUT2D eigenvalue weighted by Crippen LogP contribution is 2.27. The van der Waals surface area contributed by atoms with Gasteiger partial charge in [-0.2, -0.15) is 0 Å². The van der Waals surface area contributed by atoms with Crippen molar-refractivity contribution in [2.24, 2.45) is 0 Å². The van der Waals surface area contributed by atoms with Gasteiger partial charge in [0.15, 0.2) is 0 Å². The van der Waals surface area contributed by atoms with E-state index in [4.69, 9.17) is 0 Å². The highest BCUT2D eigenvalue weighted by molar-refractivity contribution is 5.83. The number of piperidine rings is 1. The summed E-state index contributed by atoms with van der Waals surface area (Å²) in [6.45, 7) is 3.06. The van der Waals surface area contributed by atoms with Gasteiger partial charge in [-0.25, -0.2) is 0 Å². The van der Waals surface area contributed by atoms with Crippen LogP contribution in [0.1, 0.15) is 24.8 Å². The van der Waals surface area contributed by atoms with Crippen molar-refractivity contribution in [3.8, 4) is 5.75 Å². The van der Waals surface area contributed by atoms with Gasteiger partial charge in [-0.1, -0.05) is 12.5 Å². The van der Waals surface area contributed by atoms with Gasteiger partial charge < -0.3 is 5.11 Å². The summed E-state index contributed by atoms with van der Waals surface area (Å²) in [6.07, 6.45) is 5.65. The molecule has 3 nitrogen and oxygen atoms in total. The van der Waals surface area contributed by atoms with Gasteiger partial charge >= 0.3 is 0 Å². The molecule has 0 amide bonds. The molecule has 1 aromatic heterocycles. The predicted octanol–water partition coefficient (Wildman–Crippen LogP) is 2.93. The monoisotopic (exact) mass is 242 g/mol. The number of aromatic nitrogens is 1.